The Labute approximate surface area is 134 Å². The van der Waals surface area contributed by atoms with Crippen LogP contribution in [0.1, 0.15) is 28.8 Å². The molecule has 1 aliphatic rings. The molecule has 5 nitrogen and oxygen atoms in total. The molecule has 2 aromatic rings. The number of fused-ring (bicyclic) bond motifs is 1. The van der Waals surface area contributed by atoms with Gasteiger partial charge in [0.2, 0.25) is 0 Å². The van der Waals surface area contributed by atoms with E-state index in [1.807, 2.05) is 24.3 Å². The summed E-state index contributed by atoms with van der Waals surface area (Å²) < 4.78 is 0. The van der Waals surface area contributed by atoms with E-state index in [0.717, 1.165) is 17.7 Å². The number of nitrogens with zero attached hydrogens (tertiary/aromatic N) is 2. The summed E-state index contributed by atoms with van der Waals surface area (Å²) in [6.45, 7) is 0.547. The number of anilines is 1. The maximum absolute atomic E-state index is 12.8. The van der Waals surface area contributed by atoms with Crippen molar-refractivity contribution in [3.63, 3.8) is 0 Å². The van der Waals surface area contributed by atoms with Gasteiger partial charge in [0.15, 0.2) is 0 Å². The molecule has 1 unspecified atom stereocenters. The van der Waals surface area contributed by atoms with Gasteiger partial charge in [0.25, 0.3) is 5.91 Å². The summed E-state index contributed by atoms with van der Waals surface area (Å²) in [4.78, 5) is 29.4. The first-order valence-corrected chi connectivity index (χ1v) is 7.66. The number of para-hydroxylation sites is 1. The van der Waals surface area contributed by atoms with Crippen molar-refractivity contribution in [2.45, 2.75) is 19.3 Å². The topological polar surface area (TPSA) is 70.5 Å². The number of aliphatic carboxylic acids is 1. The van der Waals surface area contributed by atoms with Crippen molar-refractivity contribution >= 4 is 17.6 Å². The minimum atomic E-state index is -0.795. The maximum Gasteiger partial charge on any atom is 0.303 e. The number of carbonyl (C=O) groups is 2. The number of aromatic nitrogens is 1. The highest BCUT2D eigenvalue weighted by Gasteiger charge is 2.29. The highest BCUT2D eigenvalue weighted by molar-refractivity contribution is 6.06. The van der Waals surface area contributed by atoms with Crippen LogP contribution in [0.4, 0.5) is 5.69 Å². The van der Waals surface area contributed by atoms with Crippen LogP contribution in [-0.4, -0.2) is 28.5 Å². The molecule has 1 atom stereocenters. The van der Waals surface area contributed by atoms with Crippen LogP contribution in [-0.2, 0) is 11.2 Å². The van der Waals surface area contributed by atoms with Crippen molar-refractivity contribution in [1.82, 2.24) is 4.98 Å². The number of amides is 1. The smallest absolute Gasteiger partial charge is 0.303 e. The van der Waals surface area contributed by atoms with E-state index >= 15 is 0 Å². The monoisotopic (exact) mass is 310 g/mol. The largest absolute Gasteiger partial charge is 0.481 e. The van der Waals surface area contributed by atoms with E-state index in [-0.39, 0.29) is 18.2 Å². The van der Waals surface area contributed by atoms with Gasteiger partial charge in [-0.05, 0) is 42.5 Å². The third kappa shape index (κ3) is 3.39. The summed E-state index contributed by atoms with van der Waals surface area (Å²) in [5.74, 6) is -0.706. The van der Waals surface area contributed by atoms with E-state index in [1.54, 1.807) is 29.4 Å². The van der Waals surface area contributed by atoms with Crippen molar-refractivity contribution in [2.75, 3.05) is 11.4 Å². The molecule has 0 saturated carbocycles. The lowest BCUT2D eigenvalue weighted by Gasteiger charge is -2.34. The van der Waals surface area contributed by atoms with Gasteiger partial charge in [-0.3, -0.25) is 14.6 Å². The van der Waals surface area contributed by atoms with Crippen molar-refractivity contribution in [1.29, 1.82) is 0 Å². The zero-order valence-electron chi connectivity index (χ0n) is 12.7. The average molecular weight is 310 g/mol. The fraction of sp³-hybridized carbons (Fsp3) is 0.278. The van der Waals surface area contributed by atoms with Crippen molar-refractivity contribution in [2.24, 2.45) is 5.92 Å². The molecule has 0 saturated heterocycles. The van der Waals surface area contributed by atoms with Gasteiger partial charge in [-0.2, -0.15) is 0 Å². The molecule has 5 heteroatoms. The van der Waals surface area contributed by atoms with E-state index in [2.05, 4.69) is 4.98 Å². The predicted molar refractivity (Wildman–Crippen MR) is 86.4 cm³/mol. The van der Waals surface area contributed by atoms with Gasteiger partial charge < -0.3 is 10.0 Å². The number of hydrogen-bond donors (Lipinski definition) is 1. The Kier molecular flexibility index (Phi) is 4.37. The lowest BCUT2D eigenvalue weighted by atomic mass is 9.89. The van der Waals surface area contributed by atoms with E-state index in [1.165, 1.54) is 0 Å². The van der Waals surface area contributed by atoms with Gasteiger partial charge >= 0.3 is 5.97 Å². The molecule has 118 valence electrons. The Morgan fingerprint density at radius 1 is 1.17 bits per heavy atom. The average Bonchev–Trinajstić information content (AvgIpc) is 2.59. The number of benzene rings is 1. The second-order valence-corrected chi connectivity index (χ2v) is 5.78. The first-order chi connectivity index (χ1) is 11.1. The summed E-state index contributed by atoms with van der Waals surface area (Å²) in [5, 5.41) is 8.90. The maximum atomic E-state index is 12.8. The van der Waals surface area contributed by atoms with Crippen molar-refractivity contribution in [3.8, 4) is 0 Å². The summed E-state index contributed by atoms with van der Waals surface area (Å²) in [6.07, 6.45) is 4.72. The minimum absolute atomic E-state index is 0.0696. The van der Waals surface area contributed by atoms with Crippen LogP contribution in [0.5, 0.6) is 0 Å². The molecule has 23 heavy (non-hydrogen) atoms. The van der Waals surface area contributed by atoms with Crippen molar-refractivity contribution in [3.05, 3.63) is 59.9 Å². The molecule has 1 amide bonds. The Morgan fingerprint density at radius 2 is 1.91 bits per heavy atom. The summed E-state index contributed by atoms with van der Waals surface area (Å²) in [6, 6.07) is 11.2. The number of carbonyl (C=O) groups excluding carboxylic acids is 1. The second-order valence-electron chi connectivity index (χ2n) is 5.78. The van der Waals surface area contributed by atoms with Crippen LogP contribution < -0.4 is 4.90 Å². The van der Waals surface area contributed by atoms with Gasteiger partial charge in [0.05, 0.1) is 0 Å². The fourth-order valence-corrected chi connectivity index (χ4v) is 3.04. The molecule has 1 aliphatic heterocycles. The second kappa shape index (κ2) is 6.60. The number of pyridine rings is 1. The summed E-state index contributed by atoms with van der Waals surface area (Å²) >= 11 is 0. The standard InChI is InChI=1S/C18H18N2O3/c21-17(22)6-5-13-11-15-3-1-2-4-16(15)20(12-13)18(23)14-7-9-19-10-8-14/h1-4,7-10,13H,5-6,11-12H2,(H,21,22). The van der Waals surface area contributed by atoms with E-state index in [4.69, 9.17) is 5.11 Å². The Morgan fingerprint density at radius 3 is 2.65 bits per heavy atom. The zero-order chi connectivity index (χ0) is 16.2. The van der Waals surface area contributed by atoms with Gasteiger partial charge in [0, 0.05) is 36.6 Å². The Hall–Kier alpha value is -2.69. The third-order valence-electron chi connectivity index (χ3n) is 4.17. The predicted octanol–water partition coefficient (Wildman–Crippen LogP) is 2.77. The third-order valence-corrected chi connectivity index (χ3v) is 4.17. The van der Waals surface area contributed by atoms with E-state index < -0.39 is 5.97 Å². The highest BCUT2D eigenvalue weighted by Crippen LogP contribution is 2.32. The molecular weight excluding hydrogens is 292 g/mol. The van der Waals surface area contributed by atoms with Gasteiger partial charge in [-0.15, -0.1) is 0 Å². The Balaban J connectivity index is 1.88. The Bertz CT molecular complexity index is 715. The number of carboxylic acid groups (broad SMARTS) is 1. The van der Waals surface area contributed by atoms with Gasteiger partial charge in [-0.25, -0.2) is 0 Å². The molecule has 2 heterocycles. The van der Waals surface area contributed by atoms with E-state index in [9.17, 15) is 9.59 Å². The van der Waals surface area contributed by atoms with Crippen LogP contribution >= 0.6 is 0 Å². The zero-order valence-corrected chi connectivity index (χ0v) is 12.7. The highest BCUT2D eigenvalue weighted by atomic mass is 16.4. The molecule has 3 rings (SSSR count). The first kappa shape index (κ1) is 15.2. The normalized spacial score (nSPS) is 16.7. The number of hydrogen-bond acceptors (Lipinski definition) is 3. The number of carboxylic acids is 1. The van der Waals surface area contributed by atoms with Gasteiger partial charge in [-0.1, -0.05) is 18.2 Å². The van der Waals surface area contributed by atoms with Gasteiger partial charge in [0.1, 0.15) is 0 Å². The molecule has 1 N–H and O–H groups in total. The minimum Gasteiger partial charge on any atom is -0.481 e. The lowest BCUT2D eigenvalue weighted by molar-refractivity contribution is -0.137. The molecule has 0 aliphatic carbocycles. The van der Waals surface area contributed by atoms with Crippen molar-refractivity contribution < 1.29 is 14.7 Å². The SMILES string of the molecule is O=C(O)CCC1Cc2ccccc2N(C(=O)c2ccncc2)C1. The van der Waals surface area contributed by atoms with Crippen LogP contribution in [0, 0.1) is 5.92 Å². The van der Waals surface area contributed by atoms with E-state index in [0.29, 0.717) is 18.5 Å². The molecule has 0 fully saturated rings. The quantitative estimate of drug-likeness (QED) is 0.942. The molecule has 1 aromatic carbocycles. The first-order valence-electron chi connectivity index (χ1n) is 7.66. The molecular formula is C18H18N2O3. The number of rotatable bonds is 4. The fourth-order valence-electron chi connectivity index (χ4n) is 3.04. The van der Waals surface area contributed by atoms with Crippen LogP contribution in [0.25, 0.3) is 0 Å². The van der Waals surface area contributed by atoms with Crippen LogP contribution in [0.15, 0.2) is 48.8 Å². The molecule has 1 aromatic heterocycles. The lowest BCUT2D eigenvalue weighted by Crippen LogP contribution is -2.40. The molecule has 0 radical (unpaired) electrons. The summed E-state index contributed by atoms with van der Waals surface area (Å²) in [7, 11) is 0. The molecule has 0 bridgehead atoms. The van der Waals surface area contributed by atoms with Crippen LogP contribution in [0.2, 0.25) is 0 Å². The summed E-state index contributed by atoms with van der Waals surface area (Å²) in [5.41, 5.74) is 2.60. The molecule has 0 spiro atoms. The van der Waals surface area contributed by atoms with Crippen LogP contribution in [0.3, 0.4) is 0 Å².